The van der Waals surface area contributed by atoms with E-state index in [4.69, 9.17) is 4.42 Å². The maximum absolute atomic E-state index is 5.56. The van der Waals surface area contributed by atoms with Crippen molar-refractivity contribution >= 4 is 29.9 Å². The highest BCUT2D eigenvalue weighted by Gasteiger charge is 2.07. The van der Waals surface area contributed by atoms with Crippen molar-refractivity contribution in [1.29, 1.82) is 0 Å². The van der Waals surface area contributed by atoms with Crippen LogP contribution in [0.15, 0.2) is 39.9 Å². The summed E-state index contributed by atoms with van der Waals surface area (Å²) < 4.78 is 5.56. The van der Waals surface area contributed by atoms with Crippen molar-refractivity contribution in [2.24, 2.45) is 10.9 Å². The molecule has 0 atom stereocenters. The molecule has 0 fully saturated rings. The van der Waals surface area contributed by atoms with Crippen molar-refractivity contribution in [1.82, 2.24) is 15.6 Å². The number of rotatable bonds is 6. The zero-order valence-electron chi connectivity index (χ0n) is 14.8. The van der Waals surface area contributed by atoms with Gasteiger partial charge in [-0.2, -0.15) is 0 Å². The Morgan fingerprint density at radius 2 is 1.92 bits per heavy atom. The Kier molecular flexibility index (Phi) is 8.81. The number of hydrogen-bond donors (Lipinski definition) is 2. The Morgan fingerprint density at radius 3 is 2.54 bits per heavy atom. The average Bonchev–Trinajstić information content (AvgIpc) is 2.99. The van der Waals surface area contributed by atoms with Gasteiger partial charge in [0.1, 0.15) is 12.0 Å². The molecule has 0 aliphatic carbocycles. The molecule has 24 heavy (non-hydrogen) atoms. The zero-order chi connectivity index (χ0) is 16.7. The predicted molar refractivity (Wildman–Crippen MR) is 110 cm³/mol. The number of guanidine groups is 1. The highest BCUT2D eigenvalue weighted by molar-refractivity contribution is 14.0. The van der Waals surface area contributed by atoms with Gasteiger partial charge in [-0.15, -0.1) is 24.0 Å². The Balaban J connectivity index is 0.00000288. The van der Waals surface area contributed by atoms with Gasteiger partial charge < -0.3 is 15.1 Å². The van der Waals surface area contributed by atoms with Gasteiger partial charge >= 0.3 is 0 Å². The fraction of sp³-hybridized carbons (Fsp3) is 0.444. The first-order valence-electron chi connectivity index (χ1n) is 8.12. The molecule has 0 spiro atoms. The smallest absolute Gasteiger partial charge is 0.226 e. The highest BCUT2D eigenvalue weighted by Crippen LogP contribution is 2.19. The first-order valence-corrected chi connectivity index (χ1v) is 8.12. The minimum absolute atomic E-state index is 0. The summed E-state index contributed by atoms with van der Waals surface area (Å²) in [6, 6.07) is 8.14. The van der Waals surface area contributed by atoms with E-state index in [9.17, 15) is 0 Å². The maximum atomic E-state index is 5.56. The van der Waals surface area contributed by atoms with E-state index in [2.05, 4.69) is 60.4 Å². The number of aromatic nitrogens is 1. The van der Waals surface area contributed by atoms with Crippen LogP contribution < -0.4 is 10.6 Å². The molecule has 5 nitrogen and oxygen atoms in total. The topological polar surface area (TPSA) is 62.5 Å². The number of halogens is 1. The monoisotopic (exact) mass is 442 g/mol. The first-order chi connectivity index (χ1) is 11.1. The lowest BCUT2D eigenvalue weighted by molar-refractivity contribution is 0.572. The van der Waals surface area contributed by atoms with E-state index in [0.717, 1.165) is 30.3 Å². The molecule has 0 aliphatic heterocycles. The molecule has 6 heteroatoms. The number of nitrogens with zero attached hydrogens (tertiary/aromatic N) is 2. The molecule has 1 heterocycles. The van der Waals surface area contributed by atoms with Crippen LogP contribution in [0.1, 0.15) is 32.0 Å². The Hall–Kier alpha value is -1.57. The molecule has 1 aromatic carbocycles. The van der Waals surface area contributed by atoms with Crippen LogP contribution in [0.25, 0.3) is 11.5 Å². The standard InChI is InChI=1S/C18H26N4O.HI/c1-5-19-18(20-10-13(2)3)21-11-16-12-23-17(22-16)15-8-6-14(4)7-9-15;/h6-9,12-13H,5,10-11H2,1-4H3,(H2,19,20,21);1H. The zero-order valence-corrected chi connectivity index (χ0v) is 17.1. The Morgan fingerprint density at radius 1 is 1.21 bits per heavy atom. The Bertz CT molecular complexity index is 635. The van der Waals surface area contributed by atoms with Crippen LogP contribution in [0.2, 0.25) is 0 Å². The van der Waals surface area contributed by atoms with Crippen molar-refractivity contribution in [3.63, 3.8) is 0 Å². The summed E-state index contributed by atoms with van der Waals surface area (Å²) in [4.78, 5) is 9.06. The number of hydrogen-bond acceptors (Lipinski definition) is 3. The maximum Gasteiger partial charge on any atom is 0.226 e. The summed E-state index contributed by atoms with van der Waals surface area (Å²) in [6.45, 7) is 10.7. The van der Waals surface area contributed by atoms with Crippen molar-refractivity contribution in [3.8, 4) is 11.5 Å². The van der Waals surface area contributed by atoms with E-state index in [1.54, 1.807) is 6.26 Å². The van der Waals surface area contributed by atoms with Crippen LogP contribution in [-0.2, 0) is 6.54 Å². The van der Waals surface area contributed by atoms with Gasteiger partial charge in [0.05, 0.1) is 6.54 Å². The second-order valence-corrected chi connectivity index (χ2v) is 5.98. The number of benzene rings is 1. The van der Waals surface area contributed by atoms with Gasteiger partial charge in [-0.05, 0) is 31.9 Å². The van der Waals surface area contributed by atoms with Crippen molar-refractivity contribution < 1.29 is 4.42 Å². The summed E-state index contributed by atoms with van der Waals surface area (Å²) in [5.41, 5.74) is 3.02. The summed E-state index contributed by atoms with van der Waals surface area (Å²) in [6.07, 6.45) is 1.67. The number of aryl methyl sites for hydroxylation is 1. The van der Waals surface area contributed by atoms with Crippen LogP contribution in [0.4, 0.5) is 0 Å². The van der Waals surface area contributed by atoms with Gasteiger partial charge in [0, 0.05) is 18.7 Å². The molecule has 132 valence electrons. The van der Waals surface area contributed by atoms with Crippen molar-refractivity contribution in [3.05, 3.63) is 41.8 Å². The molecule has 0 saturated heterocycles. The predicted octanol–water partition coefficient (Wildman–Crippen LogP) is 3.98. The van der Waals surface area contributed by atoms with Crippen LogP contribution >= 0.6 is 24.0 Å². The number of aliphatic imine (C=N–C) groups is 1. The second-order valence-electron chi connectivity index (χ2n) is 5.98. The average molecular weight is 442 g/mol. The van der Waals surface area contributed by atoms with Gasteiger partial charge in [-0.3, -0.25) is 0 Å². The summed E-state index contributed by atoms with van der Waals surface area (Å²) in [5.74, 6) is 2.01. The van der Waals surface area contributed by atoms with Gasteiger partial charge in [0.25, 0.3) is 0 Å². The molecule has 0 radical (unpaired) electrons. The van der Waals surface area contributed by atoms with Crippen LogP contribution in [-0.4, -0.2) is 24.0 Å². The lowest BCUT2D eigenvalue weighted by Gasteiger charge is -2.12. The van der Waals surface area contributed by atoms with Gasteiger partial charge in [-0.25, -0.2) is 9.98 Å². The Labute approximate surface area is 161 Å². The molecular weight excluding hydrogens is 415 g/mol. The molecule has 1 aromatic heterocycles. The minimum atomic E-state index is 0. The molecule has 0 aliphatic rings. The number of nitrogens with one attached hydrogen (secondary N) is 2. The van der Waals surface area contributed by atoms with Gasteiger partial charge in [0.15, 0.2) is 5.96 Å². The lowest BCUT2D eigenvalue weighted by Crippen LogP contribution is -2.39. The van der Waals surface area contributed by atoms with Crippen LogP contribution in [0.3, 0.4) is 0 Å². The van der Waals surface area contributed by atoms with E-state index in [0.29, 0.717) is 18.4 Å². The molecule has 0 saturated carbocycles. The lowest BCUT2D eigenvalue weighted by atomic mass is 10.1. The fourth-order valence-corrected chi connectivity index (χ4v) is 2.01. The molecule has 2 aromatic rings. The summed E-state index contributed by atoms with van der Waals surface area (Å²) >= 11 is 0. The normalized spacial score (nSPS) is 11.3. The largest absolute Gasteiger partial charge is 0.444 e. The minimum Gasteiger partial charge on any atom is -0.444 e. The quantitative estimate of drug-likeness (QED) is 0.404. The fourth-order valence-electron chi connectivity index (χ4n) is 2.01. The molecule has 0 bridgehead atoms. The van der Waals surface area contributed by atoms with Crippen LogP contribution in [0, 0.1) is 12.8 Å². The van der Waals surface area contributed by atoms with E-state index >= 15 is 0 Å². The van der Waals surface area contributed by atoms with E-state index < -0.39 is 0 Å². The third-order valence-corrected chi connectivity index (χ3v) is 3.27. The summed E-state index contributed by atoms with van der Waals surface area (Å²) in [7, 11) is 0. The third kappa shape index (κ3) is 6.51. The number of oxazole rings is 1. The van der Waals surface area contributed by atoms with Gasteiger partial charge in [0.2, 0.25) is 5.89 Å². The van der Waals surface area contributed by atoms with E-state index in [1.807, 2.05) is 12.1 Å². The van der Waals surface area contributed by atoms with Gasteiger partial charge in [-0.1, -0.05) is 31.5 Å². The first kappa shape index (κ1) is 20.5. The molecular formula is C18H27IN4O. The third-order valence-electron chi connectivity index (χ3n) is 3.27. The molecule has 2 rings (SSSR count). The van der Waals surface area contributed by atoms with Crippen LogP contribution in [0.5, 0.6) is 0 Å². The molecule has 2 N–H and O–H groups in total. The summed E-state index contributed by atoms with van der Waals surface area (Å²) in [5, 5.41) is 6.55. The second kappa shape index (κ2) is 10.3. The van der Waals surface area contributed by atoms with Crippen molar-refractivity contribution in [2.45, 2.75) is 34.2 Å². The van der Waals surface area contributed by atoms with E-state index in [1.165, 1.54) is 5.56 Å². The SMILES string of the molecule is CCNC(=NCc1coc(-c2ccc(C)cc2)n1)NCC(C)C.I. The van der Waals surface area contributed by atoms with E-state index in [-0.39, 0.29) is 24.0 Å². The highest BCUT2D eigenvalue weighted by atomic mass is 127. The van der Waals surface area contributed by atoms with Crippen molar-refractivity contribution in [2.75, 3.05) is 13.1 Å². The molecule has 0 unspecified atom stereocenters. The molecule has 0 amide bonds.